The second-order valence-corrected chi connectivity index (χ2v) is 15.3. The Morgan fingerprint density at radius 2 is 1.90 bits per heavy atom. The number of carbonyl (C=O) groups is 4. The third-order valence-corrected chi connectivity index (χ3v) is 10.5. The summed E-state index contributed by atoms with van der Waals surface area (Å²) in [6.07, 6.45) is 3.37. The van der Waals surface area contributed by atoms with Crippen LogP contribution in [0.2, 0.25) is 0 Å². The van der Waals surface area contributed by atoms with Gasteiger partial charge in [-0.15, -0.1) is 0 Å². The Balaban J connectivity index is 1.23. The monoisotopic (exact) mass is 584 g/mol. The Labute approximate surface area is 249 Å². The number of amides is 4. The third-order valence-electron chi connectivity index (χ3n) is 10.5. The fourth-order valence-electron chi connectivity index (χ4n) is 7.62. The van der Waals surface area contributed by atoms with Crippen molar-refractivity contribution >= 4 is 23.8 Å². The molecule has 1 unspecified atom stereocenters. The highest BCUT2D eigenvalue weighted by atomic mass is 16.5. The molecule has 2 aliphatic carbocycles. The summed E-state index contributed by atoms with van der Waals surface area (Å²) < 4.78 is 5.46. The van der Waals surface area contributed by atoms with Crippen LogP contribution >= 0.6 is 0 Å². The number of piperidine rings is 1. The van der Waals surface area contributed by atoms with E-state index in [1.807, 2.05) is 20.8 Å². The molecule has 0 aromatic heterocycles. The lowest BCUT2D eigenvalue weighted by molar-refractivity contribution is -0.144. The fourth-order valence-corrected chi connectivity index (χ4v) is 7.62. The van der Waals surface area contributed by atoms with Crippen molar-refractivity contribution in [3.8, 4) is 6.07 Å². The van der Waals surface area contributed by atoms with Gasteiger partial charge in [-0.1, -0.05) is 41.5 Å². The van der Waals surface area contributed by atoms with Crippen LogP contribution in [0.4, 0.5) is 4.79 Å². The van der Waals surface area contributed by atoms with Crippen LogP contribution in [-0.4, -0.2) is 90.1 Å². The van der Waals surface area contributed by atoms with Crippen LogP contribution in [0, 0.1) is 45.8 Å². The SMILES string of the molecule is CC1CCN(CCOC(=O)N[C@H](C(=O)N2C[C@H]3[C@@H]([C@H]2C(=O)N[C@H](C#N)C[C@@H]2CC4(CC4)NC2=O)C3(C)C)C(C)(C)C)C1. The minimum absolute atomic E-state index is 0.0410. The molecule has 5 fully saturated rings. The Morgan fingerprint density at radius 1 is 1.19 bits per heavy atom. The molecule has 0 radical (unpaired) electrons. The molecular weight excluding hydrogens is 536 g/mol. The van der Waals surface area contributed by atoms with Crippen molar-refractivity contribution in [3.05, 3.63) is 0 Å². The molecule has 232 valence electrons. The summed E-state index contributed by atoms with van der Waals surface area (Å²) in [7, 11) is 0. The first kappa shape index (κ1) is 30.6. The number of likely N-dealkylation sites (tertiary alicyclic amines) is 2. The van der Waals surface area contributed by atoms with Crippen LogP contribution in [0.15, 0.2) is 0 Å². The smallest absolute Gasteiger partial charge is 0.407 e. The van der Waals surface area contributed by atoms with Gasteiger partial charge in [-0.05, 0) is 67.2 Å². The van der Waals surface area contributed by atoms with Crippen LogP contribution in [0.1, 0.15) is 73.6 Å². The molecule has 3 aliphatic heterocycles. The van der Waals surface area contributed by atoms with E-state index in [0.29, 0.717) is 25.4 Å². The lowest BCUT2D eigenvalue weighted by atomic mass is 9.85. The summed E-state index contributed by atoms with van der Waals surface area (Å²) in [5, 5.41) is 18.6. The highest BCUT2D eigenvalue weighted by Crippen LogP contribution is 2.65. The highest BCUT2D eigenvalue weighted by molar-refractivity contribution is 5.93. The molecular formula is C31H48N6O5. The highest BCUT2D eigenvalue weighted by Gasteiger charge is 2.70. The molecule has 1 spiro atoms. The molecule has 11 heteroatoms. The number of nitriles is 1. The normalized spacial score (nSPS) is 32.0. The van der Waals surface area contributed by atoms with E-state index in [2.05, 4.69) is 47.7 Å². The van der Waals surface area contributed by atoms with Gasteiger partial charge in [0, 0.05) is 31.1 Å². The van der Waals surface area contributed by atoms with Gasteiger partial charge >= 0.3 is 6.09 Å². The van der Waals surface area contributed by atoms with E-state index in [4.69, 9.17) is 4.74 Å². The van der Waals surface area contributed by atoms with E-state index in [9.17, 15) is 24.4 Å². The predicted octanol–water partition coefficient (Wildman–Crippen LogP) is 2.02. The quantitative estimate of drug-likeness (QED) is 0.376. The number of fused-ring (bicyclic) bond motifs is 1. The minimum atomic E-state index is -0.892. The topological polar surface area (TPSA) is 144 Å². The van der Waals surface area contributed by atoms with Crippen molar-refractivity contribution < 1.29 is 23.9 Å². The van der Waals surface area contributed by atoms with Crippen LogP contribution in [0.25, 0.3) is 0 Å². The molecule has 0 aromatic rings. The number of alkyl carbamates (subject to hydrolysis) is 1. The largest absolute Gasteiger partial charge is 0.448 e. The van der Waals surface area contributed by atoms with Crippen molar-refractivity contribution in [3.63, 3.8) is 0 Å². The van der Waals surface area contributed by atoms with E-state index >= 15 is 0 Å². The van der Waals surface area contributed by atoms with E-state index < -0.39 is 29.6 Å². The van der Waals surface area contributed by atoms with Gasteiger partial charge in [0.15, 0.2) is 0 Å². The number of hydrogen-bond donors (Lipinski definition) is 3. The second kappa shape index (κ2) is 11.0. The Kier molecular flexibility index (Phi) is 8.01. The molecule has 42 heavy (non-hydrogen) atoms. The lowest BCUT2D eigenvalue weighted by Crippen LogP contribution is -2.60. The average molecular weight is 585 g/mol. The number of ether oxygens (including phenoxy) is 1. The molecule has 11 nitrogen and oxygen atoms in total. The van der Waals surface area contributed by atoms with Gasteiger partial charge < -0.3 is 25.6 Å². The number of nitrogens with zero attached hydrogens (tertiary/aromatic N) is 3. The first-order chi connectivity index (χ1) is 19.6. The van der Waals surface area contributed by atoms with E-state index in [0.717, 1.165) is 32.4 Å². The predicted molar refractivity (Wildman–Crippen MR) is 155 cm³/mol. The summed E-state index contributed by atoms with van der Waals surface area (Å²) in [6, 6.07) is -0.303. The summed E-state index contributed by atoms with van der Waals surface area (Å²) in [5.41, 5.74) is -0.844. The van der Waals surface area contributed by atoms with Crippen LogP contribution < -0.4 is 16.0 Å². The van der Waals surface area contributed by atoms with Crippen molar-refractivity contribution in [1.82, 2.24) is 25.8 Å². The zero-order valence-electron chi connectivity index (χ0n) is 26.0. The zero-order chi connectivity index (χ0) is 30.6. The van der Waals surface area contributed by atoms with Gasteiger partial charge in [0.05, 0.1) is 6.07 Å². The van der Waals surface area contributed by atoms with Gasteiger partial charge in [-0.3, -0.25) is 19.3 Å². The molecule has 3 saturated heterocycles. The van der Waals surface area contributed by atoms with Crippen molar-refractivity contribution in [2.75, 3.05) is 32.8 Å². The Morgan fingerprint density at radius 3 is 2.48 bits per heavy atom. The van der Waals surface area contributed by atoms with Crippen LogP contribution in [-0.2, 0) is 19.1 Å². The number of hydrogen-bond acceptors (Lipinski definition) is 7. The number of nitrogens with one attached hydrogen (secondary N) is 3. The zero-order valence-corrected chi connectivity index (χ0v) is 26.0. The van der Waals surface area contributed by atoms with Gasteiger partial charge in [0.1, 0.15) is 24.7 Å². The van der Waals surface area contributed by atoms with E-state index in [1.165, 1.54) is 0 Å². The maximum atomic E-state index is 14.0. The number of carbonyl (C=O) groups excluding carboxylic acids is 4. The standard InChI is InChI=1S/C31H48N6O5/c1-18-7-10-36(16-18)11-12-42-28(41)34-24(29(2,3)4)27(40)37-17-21-22(30(21,5)6)23(37)26(39)33-20(15-32)13-19-14-31(8-9-31)35-25(19)38/h18-24H,7-14,16-17H2,1-6H3,(H,33,39)(H,34,41)(H,35,38)/t18?,19-,20+,21+,22+,23+,24-/m1/s1. The Bertz CT molecular complexity index is 1150. The average Bonchev–Trinajstić information content (AvgIpc) is 3.48. The second-order valence-electron chi connectivity index (χ2n) is 15.3. The van der Waals surface area contributed by atoms with Gasteiger partial charge in [0.2, 0.25) is 17.7 Å². The first-order valence-corrected chi connectivity index (χ1v) is 15.6. The van der Waals surface area contributed by atoms with Crippen LogP contribution in [0.3, 0.4) is 0 Å². The molecule has 0 bridgehead atoms. The third kappa shape index (κ3) is 6.10. The molecule has 3 heterocycles. The molecule has 2 saturated carbocycles. The maximum Gasteiger partial charge on any atom is 0.407 e. The van der Waals surface area contributed by atoms with Crippen molar-refractivity contribution in [2.24, 2.45) is 34.5 Å². The summed E-state index contributed by atoms with van der Waals surface area (Å²) in [4.78, 5) is 56.9. The summed E-state index contributed by atoms with van der Waals surface area (Å²) >= 11 is 0. The van der Waals surface area contributed by atoms with E-state index in [-0.39, 0.29) is 59.5 Å². The molecule has 7 atom stereocenters. The summed E-state index contributed by atoms with van der Waals surface area (Å²) in [5.74, 6) is -0.298. The number of rotatable bonds is 9. The van der Waals surface area contributed by atoms with Crippen LogP contribution in [0.5, 0.6) is 0 Å². The minimum Gasteiger partial charge on any atom is -0.448 e. The molecule has 3 N–H and O–H groups in total. The molecule has 0 aromatic carbocycles. The molecule has 5 rings (SSSR count). The van der Waals surface area contributed by atoms with Gasteiger partial charge in [-0.2, -0.15) is 5.26 Å². The van der Waals surface area contributed by atoms with Gasteiger partial charge in [0.25, 0.3) is 0 Å². The fraction of sp³-hybridized carbons (Fsp3) is 0.839. The van der Waals surface area contributed by atoms with Gasteiger partial charge in [-0.25, -0.2) is 4.79 Å². The van der Waals surface area contributed by atoms with Crippen molar-refractivity contribution in [2.45, 2.75) is 97.3 Å². The summed E-state index contributed by atoms with van der Waals surface area (Å²) in [6.45, 7) is 15.3. The van der Waals surface area contributed by atoms with E-state index in [1.54, 1.807) is 4.90 Å². The molecule has 5 aliphatic rings. The Hall–Kier alpha value is -2.87. The maximum absolute atomic E-state index is 14.0. The first-order valence-electron chi connectivity index (χ1n) is 15.6. The lowest BCUT2D eigenvalue weighted by Gasteiger charge is -2.37. The molecule has 4 amide bonds. The van der Waals surface area contributed by atoms with Crippen molar-refractivity contribution in [1.29, 1.82) is 5.26 Å².